The molecule has 2 N–H and O–H groups in total. The van der Waals surface area contributed by atoms with E-state index in [1.807, 2.05) is 0 Å². The maximum atomic E-state index is 14.5. The number of esters is 2. The summed E-state index contributed by atoms with van der Waals surface area (Å²) in [6, 6.07) is 18.3. The summed E-state index contributed by atoms with van der Waals surface area (Å²) in [5.41, 5.74) is 5.16. The number of Topliss-reactive ketones (excluding diaryl/α,β-unsaturated/α-hetero) is 1. The number of hydrogen-bond donors (Lipinski definition) is 1. The number of alkyl halides is 3. The Morgan fingerprint density at radius 3 is 2.23 bits per heavy atom. The van der Waals surface area contributed by atoms with Crippen molar-refractivity contribution in [1.29, 1.82) is 0 Å². The average molecular weight is 595 g/mol. The molecular formula is C32H26F4N2O5. The van der Waals surface area contributed by atoms with Crippen molar-refractivity contribution in [1.82, 2.24) is 0 Å². The van der Waals surface area contributed by atoms with Crippen LogP contribution in [0.1, 0.15) is 34.9 Å². The zero-order valence-electron chi connectivity index (χ0n) is 23.0. The highest BCUT2D eigenvalue weighted by atomic mass is 19.4. The minimum atomic E-state index is -4.88. The summed E-state index contributed by atoms with van der Waals surface area (Å²) >= 11 is 0. The predicted octanol–water partition coefficient (Wildman–Crippen LogP) is 5.59. The summed E-state index contributed by atoms with van der Waals surface area (Å²) in [6.07, 6.45) is -4.96. The van der Waals surface area contributed by atoms with Gasteiger partial charge in [-0.15, -0.1) is 0 Å². The number of halogens is 4. The summed E-state index contributed by atoms with van der Waals surface area (Å²) in [6.45, 7) is 0. The van der Waals surface area contributed by atoms with E-state index in [-0.39, 0.29) is 29.2 Å². The van der Waals surface area contributed by atoms with Crippen molar-refractivity contribution in [2.75, 3.05) is 19.1 Å². The van der Waals surface area contributed by atoms with Crippen LogP contribution >= 0.6 is 0 Å². The Bertz CT molecular complexity index is 1670. The number of carbonyl (C=O) groups excluding carboxylic acids is 3. The topological polar surface area (TPSA) is 98.9 Å². The Hall–Kier alpha value is -4.93. The van der Waals surface area contributed by atoms with E-state index in [9.17, 15) is 31.9 Å². The number of anilines is 1. The largest absolute Gasteiger partial charge is 0.468 e. The zero-order valence-corrected chi connectivity index (χ0v) is 23.0. The van der Waals surface area contributed by atoms with E-state index in [2.05, 4.69) is 0 Å². The van der Waals surface area contributed by atoms with Gasteiger partial charge in [0.05, 0.1) is 37.0 Å². The molecule has 43 heavy (non-hydrogen) atoms. The van der Waals surface area contributed by atoms with Crippen LogP contribution in [0.3, 0.4) is 0 Å². The first-order valence-corrected chi connectivity index (χ1v) is 13.2. The van der Waals surface area contributed by atoms with Gasteiger partial charge in [0.2, 0.25) is 0 Å². The SMILES string of the molecule is COC(=O)C1=C(N)N(c2cccc(F)c2)C2=C(C(=O)[C@@H](C(=O)OC)[C@@H](c3ccccc3)C2)[C@@H]1c1ccccc1C(F)(F)F. The van der Waals surface area contributed by atoms with Crippen molar-refractivity contribution < 1.29 is 41.4 Å². The minimum Gasteiger partial charge on any atom is -0.468 e. The third-order valence-electron chi connectivity index (χ3n) is 7.77. The molecule has 0 spiro atoms. The lowest BCUT2D eigenvalue weighted by molar-refractivity contribution is -0.150. The molecule has 7 nitrogen and oxygen atoms in total. The molecule has 0 aromatic heterocycles. The summed E-state index contributed by atoms with van der Waals surface area (Å²) in [5, 5.41) is 0. The van der Waals surface area contributed by atoms with Crippen molar-refractivity contribution in [2.24, 2.45) is 11.7 Å². The number of rotatable bonds is 5. The minimum absolute atomic E-state index is 0.0821. The molecule has 0 unspecified atom stereocenters. The summed E-state index contributed by atoms with van der Waals surface area (Å²) in [4.78, 5) is 42.4. The highest BCUT2D eigenvalue weighted by molar-refractivity contribution is 6.14. The van der Waals surface area contributed by atoms with E-state index in [0.717, 1.165) is 32.4 Å². The van der Waals surface area contributed by atoms with Crippen LogP contribution in [0.5, 0.6) is 0 Å². The fourth-order valence-corrected chi connectivity index (χ4v) is 5.98. The first-order chi connectivity index (χ1) is 20.5. The smallest absolute Gasteiger partial charge is 0.416 e. The van der Waals surface area contributed by atoms with Gasteiger partial charge in [0, 0.05) is 17.2 Å². The molecule has 1 heterocycles. The Labute approximate surface area is 244 Å². The van der Waals surface area contributed by atoms with Crippen molar-refractivity contribution in [2.45, 2.75) is 24.4 Å². The molecule has 2 aliphatic rings. The fraction of sp³-hybridized carbons (Fsp3) is 0.219. The first-order valence-electron chi connectivity index (χ1n) is 13.2. The standard InChI is InChI=1S/C32H26F4N2O5/c1-42-30(40)25-21(17-9-4-3-5-10-17)16-23-26(28(25)39)24(20-13-6-7-14-22(20)32(34,35)36)27(31(41)43-2)29(37)38(23)19-12-8-11-18(33)15-19/h3-15,21,24-25H,16,37H2,1-2H3/t21-,24+,25+/m1/s1. The van der Waals surface area contributed by atoms with Crippen LogP contribution in [0, 0.1) is 11.7 Å². The van der Waals surface area contributed by atoms with Crippen molar-refractivity contribution in [3.63, 3.8) is 0 Å². The monoisotopic (exact) mass is 594 g/mol. The maximum Gasteiger partial charge on any atom is 0.416 e. The van der Waals surface area contributed by atoms with E-state index < -0.39 is 64.2 Å². The van der Waals surface area contributed by atoms with E-state index in [0.29, 0.717) is 5.56 Å². The summed E-state index contributed by atoms with van der Waals surface area (Å²) < 4.78 is 67.6. The van der Waals surface area contributed by atoms with Crippen LogP contribution in [0.25, 0.3) is 0 Å². The van der Waals surface area contributed by atoms with Crippen LogP contribution in [0.2, 0.25) is 0 Å². The molecule has 0 radical (unpaired) electrons. The second-order valence-corrected chi connectivity index (χ2v) is 10.1. The molecule has 1 aliphatic heterocycles. The quantitative estimate of drug-likeness (QED) is 0.234. The second-order valence-electron chi connectivity index (χ2n) is 10.1. The van der Waals surface area contributed by atoms with Crippen LogP contribution < -0.4 is 10.6 Å². The number of ketones is 1. The Kier molecular flexibility index (Phi) is 7.83. The van der Waals surface area contributed by atoms with Gasteiger partial charge in [0.25, 0.3) is 0 Å². The Morgan fingerprint density at radius 1 is 0.930 bits per heavy atom. The number of nitrogens with zero attached hydrogens (tertiary/aromatic N) is 1. The molecule has 3 aromatic rings. The lowest BCUT2D eigenvalue weighted by Crippen LogP contribution is -2.46. The Morgan fingerprint density at radius 2 is 1.60 bits per heavy atom. The van der Waals surface area contributed by atoms with Gasteiger partial charge >= 0.3 is 18.1 Å². The highest BCUT2D eigenvalue weighted by Crippen LogP contribution is 2.53. The van der Waals surface area contributed by atoms with Gasteiger partial charge in [-0.2, -0.15) is 13.2 Å². The molecule has 3 atom stereocenters. The van der Waals surface area contributed by atoms with Gasteiger partial charge < -0.3 is 15.2 Å². The number of benzene rings is 3. The van der Waals surface area contributed by atoms with Crippen LogP contribution in [0.4, 0.5) is 23.2 Å². The van der Waals surface area contributed by atoms with Crippen molar-refractivity contribution in [3.8, 4) is 0 Å². The fourth-order valence-electron chi connectivity index (χ4n) is 5.98. The van der Waals surface area contributed by atoms with Gasteiger partial charge in [-0.25, -0.2) is 9.18 Å². The molecule has 11 heteroatoms. The molecule has 0 amide bonds. The van der Waals surface area contributed by atoms with E-state index in [1.165, 1.54) is 35.2 Å². The number of hydrogen-bond acceptors (Lipinski definition) is 7. The predicted molar refractivity (Wildman–Crippen MR) is 148 cm³/mol. The molecule has 0 bridgehead atoms. The molecule has 1 aliphatic carbocycles. The van der Waals surface area contributed by atoms with Gasteiger partial charge in [-0.1, -0.05) is 54.6 Å². The molecule has 222 valence electrons. The molecule has 0 fully saturated rings. The van der Waals surface area contributed by atoms with Crippen molar-refractivity contribution in [3.05, 3.63) is 124 Å². The third kappa shape index (κ3) is 5.15. The van der Waals surface area contributed by atoms with Gasteiger partial charge in [-0.05, 0) is 41.8 Å². The van der Waals surface area contributed by atoms with Gasteiger partial charge in [0.1, 0.15) is 17.6 Å². The van der Waals surface area contributed by atoms with E-state index in [1.54, 1.807) is 30.3 Å². The number of carbonyl (C=O) groups is 3. The molecular weight excluding hydrogens is 568 g/mol. The number of methoxy groups -OCH3 is 2. The average Bonchev–Trinajstić information content (AvgIpc) is 2.99. The van der Waals surface area contributed by atoms with Crippen molar-refractivity contribution >= 4 is 23.4 Å². The Balaban J connectivity index is 1.88. The summed E-state index contributed by atoms with van der Waals surface area (Å²) in [5.74, 6) is -7.78. The lowest BCUT2D eigenvalue weighted by Gasteiger charge is -2.44. The second kappa shape index (κ2) is 11.4. The van der Waals surface area contributed by atoms with Crippen LogP contribution in [0.15, 0.2) is 102 Å². The van der Waals surface area contributed by atoms with Gasteiger partial charge in [0.15, 0.2) is 5.78 Å². The molecule has 3 aromatic carbocycles. The number of ether oxygens (including phenoxy) is 2. The van der Waals surface area contributed by atoms with Crippen LogP contribution in [-0.4, -0.2) is 31.9 Å². The van der Waals surface area contributed by atoms with Gasteiger partial charge in [-0.3, -0.25) is 14.5 Å². The maximum absolute atomic E-state index is 14.5. The van der Waals surface area contributed by atoms with E-state index >= 15 is 0 Å². The molecule has 0 saturated heterocycles. The number of nitrogens with two attached hydrogens (primary N) is 1. The third-order valence-corrected chi connectivity index (χ3v) is 7.77. The molecule has 5 rings (SSSR count). The van der Waals surface area contributed by atoms with E-state index in [4.69, 9.17) is 15.2 Å². The lowest BCUT2D eigenvalue weighted by atomic mass is 9.66. The summed E-state index contributed by atoms with van der Waals surface area (Å²) in [7, 11) is 2.13. The van der Waals surface area contributed by atoms with Crippen LogP contribution in [-0.2, 0) is 30.0 Å². The zero-order chi connectivity index (χ0) is 31.1. The first kappa shape index (κ1) is 29.6. The normalized spacial score (nSPS) is 20.6. The number of allylic oxidation sites excluding steroid dienone is 2. The highest BCUT2D eigenvalue weighted by Gasteiger charge is 2.52. The molecule has 0 saturated carbocycles.